The number of carbonyl (C=O) groups excluding carboxylic acids is 1. The first-order chi connectivity index (χ1) is 13.1. The second kappa shape index (κ2) is 9.38. The van der Waals surface area contributed by atoms with Crippen molar-refractivity contribution < 1.29 is 14.5 Å². The lowest BCUT2D eigenvalue weighted by Gasteiger charge is -2.28. The first-order valence-corrected chi connectivity index (χ1v) is 9.81. The standard InChI is InChI=1S/C19H21N3O4S/c23-19(14-27-13-15-1-5-18(6-2-15)22(24)25)20-16-3-7-17(8-4-16)21-9-11-26-12-10-21/h1-8H,9-14H2,(H,20,23). The second-order valence-electron chi connectivity index (χ2n) is 6.11. The average molecular weight is 387 g/mol. The van der Waals surface area contributed by atoms with Crippen molar-refractivity contribution in [3.63, 3.8) is 0 Å². The van der Waals surface area contributed by atoms with Crippen molar-refractivity contribution in [3.05, 3.63) is 64.2 Å². The van der Waals surface area contributed by atoms with Gasteiger partial charge in [0, 0.05) is 42.3 Å². The molecule has 0 spiro atoms. The van der Waals surface area contributed by atoms with E-state index < -0.39 is 4.92 Å². The molecule has 0 aliphatic carbocycles. The number of morpholine rings is 1. The van der Waals surface area contributed by atoms with Gasteiger partial charge in [-0.1, -0.05) is 12.1 Å². The maximum Gasteiger partial charge on any atom is 0.269 e. The predicted octanol–water partition coefficient (Wildman–Crippen LogP) is 3.30. The van der Waals surface area contributed by atoms with E-state index >= 15 is 0 Å². The zero-order chi connectivity index (χ0) is 19.1. The minimum atomic E-state index is -0.422. The molecule has 142 valence electrons. The van der Waals surface area contributed by atoms with Crippen LogP contribution < -0.4 is 10.2 Å². The van der Waals surface area contributed by atoms with E-state index in [2.05, 4.69) is 10.2 Å². The molecule has 1 heterocycles. The first kappa shape index (κ1) is 19.2. The van der Waals surface area contributed by atoms with Crippen molar-refractivity contribution >= 4 is 34.7 Å². The van der Waals surface area contributed by atoms with Crippen molar-refractivity contribution in [1.29, 1.82) is 0 Å². The molecule has 0 radical (unpaired) electrons. The quantitative estimate of drug-likeness (QED) is 0.580. The third-order valence-corrected chi connectivity index (χ3v) is 5.18. The molecule has 7 nitrogen and oxygen atoms in total. The number of thioether (sulfide) groups is 1. The number of nitrogens with zero attached hydrogens (tertiary/aromatic N) is 2. The van der Waals surface area contributed by atoms with Crippen LogP contribution in [0.5, 0.6) is 0 Å². The Bertz CT molecular complexity index is 775. The van der Waals surface area contributed by atoms with Gasteiger partial charge in [-0.2, -0.15) is 0 Å². The Morgan fingerprint density at radius 3 is 2.41 bits per heavy atom. The summed E-state index contributed by atoms with van der Waals surface area (Å²) in [6.07, 6.45) is 0. The Morgan fingerprint density at radius 1 is 1.11 bits per heavy atom. The predicted molar refractivity (Wildman–Crippen MR) is 107 cm³/mol. The molecule has 27 heavy (non-hydrogen) atoms. The Kier molecular flexibility index (Phi) is 6.67. The van der Waals surface area contributed by atoms with Crippen molar-refractivity contribution in [3.8, 4) is 0 Å². The highest BCUT2D eigenvalue weighted by Gasteiger charge is 2.11. The Labute approximate surface area is 161 Å². The summed E-state index contributed by atoms with van der Waals surface area (Å²) in [5.74, 6) is 0.880. The molecule has 1 aliphatic rings. The number of benzene rings is 2. The molecule has 0 atom stereocenters. The summed E-state index contributed by atoms with van der Waals surface area (Å²) in [5.41, 5.74) is 2.92. The Hall–Kier alpha value is -2.58. The number of nitrogens with one attached hydrogen (secondary N) is 1. The van der Waals surface area contributed by atoms with Gasteiger partial charge in [0.15, 0.2) is 0 Å². The third kappa shape index (κ3) is 5.70. The Balaban J connectivity index is 1.42. The van der Waals surface area contributed by atoms with Crippen LogP contribution in [0.25, 0.3) is 0 Å². The summed E-state index contributed by atoms with van der Waals surface area (Å²) < 4.78 is 5.35. The molecule has 1 amide bonds. The van der Waals surface area contributed by atoms with Gasteiger partial charge in [-0.3, -0.25) is 14.9 Å². The van der Waals surface area contributed by atoms with Crippen molar-refractivity contribution in [1.82, 2.24) is 0 Å². The highest BCUT2D eigenvalue weighted by atomic mass is 32.2. The molecule has 1 aliphatic heterocycles. The number of nitro benzene ring substituents is 1. The van der Waals surface area contributed by atoms with Crippen LogP contribution in [0.15, 0.2) is 48.5 Å². The number of non-ortho nitro benzene ring substituents is 1. The van der Waals surface area contributed by atoms with Crippen LogP contribution in [0, 0.1) is 10.1 Å². The number of nitro groups is 1. The molecule has 0 unspecified atom stereocenters. The fourth-order valence-electron chi connectivity index (χ4n) is 2.75. The van der Waals surface area contributed by atoms with Crippen molar-refractivity contribution in [2.45, 2.75) is 5.75 Å². The van der Waals surface area contributed by atoms with Crippen molar-refractivity contribution in [2.75, 3.05) is 42.3 Å². The van der Waals surface area contributed by atoms with E-state index in [4.69, 9.17) is 4.74 Å². The second-order valence-corrected chi connectivity index (χ2v) is 7.10. The average Bonchev–Trinajstić information content (AvgIpc) is 2.69. The maximum absolute atomic E-state index is 12.1. The summed E-state index contributed by atoms with van der Waals surface area (Å²) in [6, 6.07) is 14.2. The molecule has 0 aromatic heterocycles. The van der Waals surface area contributed by atoms with E-state index in [9.17, 15) is 14.9 Å². The van der Waals surface area contributed by atoms with Gasteiger partial charge in [-0.15, -0.1) is 11.8 Å². The summed E-state index contributed by atoms with van der Waals surface area (Å²) in [6.45, 7) is 3.24. The van der Waals surface area contributed by atoms with E-state index in [1.807, 2.05) is 24.3 Å². The van der Waals surface area contributed by atoms with Crippen LogP contribution in [-0.4, -0.2) is 42.9 Å². The van der Waals surface area contributed by atoms with Crippen LogP contribution in [-0.2, 0) is 15.3 Å². The number of hydrogen-bond donors (Lipinski definition) is 1. The van der Waals surface area contributed by atoms with Gasteiger partial charge in [0.2, 0.25) is 5.91 Å². The Morgan fingerprint density at radius 2 is 1.78 bits per heavy atom. The highest BCUT2D eigenvalue weighted by molar-refractivity contribution is 7.99. The fraction of sp³-hybridized carbons (Fsp3) is 0.316. The zero-order valence-corrected chi connectivity index (χ0v) is 15.6. The molecule has 2 aromatic carbocycles. The normalized spacial score (nSPS) is 14.0. The molecule has 0 saturated carbocycles. The lowest BCUT2D eigenvalue weighted by atomic mass is 10.2. The van der Waals surface area contributed by atoms with E-state index in [1.165, 1.54) is 23.9 Å². The molecule has 0 bridgehead atoms. The molecular formula is C19H21N3O4S. The zero-order valence-electron chi connectivity index (χ0n) is 14.8. The lowest BCUT2D eigenvalue weighted by molar-refractivity contribution is -0.384. The number of carbonyl (C=O) groups is 1. The number of rotatable bonds is 7. The smallest absolute Gasteiger partial charge is 0.269 e. The van der Waals surface area contributed by atoms with Gasteiger partial charge < -0.3 is 15.0 Å². The highest BCUT2D eigenvalue weighted by Crippen LogP contribution is 2.20. The summed E-state index contributed by atoms with van der Waals surface area (Å²) in [5, 5.41) is 13.5. The lowest BCUT2D eigenvalue weighted by Crippen LogP contribution is -2.36. The number of ether oxygens (including phenoxy) is 1. The van der Waals surface area contributed by atoms with E-state index in [0.29, 0.717) is 11.5 Å². The van der Waals surface area contributed by atoms with E-state index in [0.717, 1.165) is 43.2 Å². The first-order valence-electron chi connectivity index (χ1n) is 8.65. The van der Waals surface area contributed by atoms with Crippen LogP contribution in [0.4, 0.5) is 17.1 Å². The summed E-state index contributed by atoms with van der Waals surface area (Å²) in [7, 11) is 0. The van der Waals surface area contributed by atoms with Gasteiger partial charge in [0.25, 0.3) is 5.69 Å². The third-order valence-electron chi connectivity index (χ3n) is 4.18. The maximum atomic E-state index is 12.1. The SMILES string of the molecule is O=C(CSCc1ccc([N+](=O)[O-])cc1)Nc1ccc(N2CCOCC2)cc1. The van der Waals surface area contributed by atoms with Crippen LogP contribution in [0.3, 0.4) is 0 Å². The van der Waals surface area contributed by atoms with E-state index in [-0.39, 0.29) is 11.6 Å². The molecule has 2 aromatic rings. The number of amides is 1. The fourth-order valence-corrected chi connectivity index (χ4v) is 3.54. The molecule has 1 N–H and O–H groups in total. The van der Waals surface area contributed by atoms with Crippen LogP contribution >= 0.6 is 11.8 Å². The number of hydrogen-bond acceptors (Lipinski definition) is 6. The van der Waals surface area contributed by atoms with Crippen LogP contribution in [0.1, 0.15) is 5.56 Å². The van der Waals surface area contributed by atoms with Gasteiger partial charge in [-0.25, -0.2) is 0 Å². The van der Waals surface area contributed by atoms with Gasteiger partial charge in [0.1, 0.15) is 0 Å². The minimum Gasteiger partial charge on any atom is -0.378 e. The molecule has 3 rings (SSSR count). The number of anilines is 2. The molecule has 1 fully saturated rings. The van der Waals surface area contributed by atoms with E-state index in [1.54, 1.807) is 12.1 Å². The van der Waals surface area contributed by atoms with Crippen LogP contribution in [0.2, 0.25) is 0 Å². The molecule has 1 saturated heterocycles. The van der Waals surface area contributed by atoms with Gasteiger partial charge >= 0.3 is 0 Å². The largest absolute Gasteiger partial charge is 0.378 e. The summed E-state index contributed by atoms with van der Waals surface area (Å²) >= 11 is 1.47. The minimum absolute atomic E-state index is 0.0685. The topological polar surface area (TPSA) is 84.7 Å². The molecular weight excluding hydrogens is 366 g/mol. The van der Waals surface area contributed by atoms with Gasteiger partial charge in [0.05, 0.1) is 23.9 Å². The summed E-state index contributed by atoms with van der Waals surface area (Å²) in [4.78, 5) is 24.6. The molecule has 8 heteroatoms. The monoisotopic (exact) mass is 387 g/mol. The van der Waals surface area contributed by atoms with Gasteiger partial charge in [-0.05, 0) is 29.8 Å². The van der Waals surface area contributed by atoms with Crippen molar-refractivity contribution in [2.24, 2.45) is 0 Å².